The molecule has 3 rings (SSSR count). The van der Waals surface area contributed by atoms with Crippen LogP contribution in [0.5, 0.6) is 5.75 Å². The van der Waals surface area contributed by atoms with Crippen molar-refractivity contribution >= 4 is 23.1 Å². The van der Waals surface area contributed by atoms with Crippen LogP contribution in [0.1, 0.15) is 13.8 Å². The van der Waals surface area contributed by atoms with Crippen LogP contribution in [0.15, 0.2) is 48.5 Å². The molecule has 0 aromatic heterocycles. The minimum absolute atomic E-state index is 0.0252. The number of hydrogen-bond acceptors (Lipinski definition) is 5. The van der Waals surface area contributed by atoms with Crippen molar-refractivity contribution < 1.29 is 9.90 Å². The standard InChI is InChI=1S/C24H35N5O2/c1-19(2)25(3)18-26(4)24(31)27(5)20-6-8-21(9-7-20)28-14-16-29(17-15-28)22-10-12-23(30)13-11-22/h6-13,19,30H,14-18H2,1-5H3. The van der Waals surface area contributed by atoms with Gasteiger partial charge in [-0.3, -0.25) is 9.80 Å². The van der Waals surface area contributed by atoms with Gasteiger partial charge in [0.15, 0.2) is 0 Å². The molecule has 2 aromatic rings. The topological polar surface area (TPSA) is 53.5 Å². The Hall–Kier alpha value is -2.93. The molecule has 1 saturated heterocycles. The normalized spacial score (nSPS) is 14.3. The molecule has 0 saturated carbocycles. The molecular formula is C24H35N5O2. The first-order valence-electron chi connectivity index (χ1n) is 10.8. The van der Waals surface area contributed by atoms with E-state index < -0.39 is 0 Å². The molecular weight excluding hydrogens is 390 g/mol. The van der Waals surface area contributed by atoms with E-state index in [1.54, 1.807) is 21.9 Å². The molecule has 1 N–H and O–H groups in total. The van der Waals surface area contributed by atoms with Crippen LogP contribution >= 0.6 is 0 Å². The first-order chi connectivity index (χ1) is 14.8. The average Bonchev–Trinajstić information content (AvgIpc) is 2.78. The molecule has 0 unspecified atom stereocenters. The highest BCUT2D eigenvalue weighted by molar-refractivity contribution is 5.91. The minimum atomic E-state index is -0.0252. The second-order valence-electron chi connectivity index (χ2n) is 8.54. The van der Waals surface area contributed by atoms with E-state index in [2.05, 4.69) is 40.7 Å². The van der Waals surface area contributed by atoms with Gasteiger partial charge in [-0.05, 0) is 69.4 Å². The van der Waals surface area contributed by atoms with E-state index in [9.17, 15) is 9.90 Å². The fourth-order valence-corrected chi connectivity index (χ4v) is 3.70. The van der Waals surface area contributed by atoms with Crippen molar-refractivity contribution in [2.45, 2.75) is 19.9 Å². The number of piperazine rings is 1. The third-order valence-electron chi connectivity index (χ3n) is 6.03. The molecule has 1 aliphatic rings. The molecule has 1 fully saturated rings. The number of carbonyl (C=O) groups excluding carboxylic acids is 1. The Morgan fingerprint density at radius 1 is 0.871 bits per heavy atom. The van der Waals surface area contributed by atoms with Crippen molar-refractivity contribution in [3.8, 4) is 5.75 Å². The summed E-state index contributed by atoms with van der Waals surface area (Å²) in [5, 5.41) is 9.48. The fraction of sp³-hybridized carbons (Fsp3) is 0.458. The molecule has 2 aromatic carbocycles. The number of urea groups is 1. The molecule has 7 heteroatoms. The lowest BCUT2D eigenvalue weighted by Gasteiger charge is -2.37. The Kier molecular flexibility index (Phi) is 7.28. The smallest absolute Gasteiger partial charge is 0.324 e. The number of benzene rings is 2. The van der Waals surface area contributed by atoms with Crippen molar-refractivity contribution in [3.63, 3.8) is 0 Å². The SMILES string of the molecule is CC(C)N(C)CN(C)C(=O)N(C)c1ccc(N2CCN(c3ccc(O)cc3)CC2)cc1. The maximum atomic E-state index is 12.8. The molecule has 7 nitrogen and oxygen atoms in total. The number of rotatable bonds is 6. The highest BCUT2D eigenvalue weighted by Gasteiger charge is 2.20. The van der Waals surface area contributed by atoms with Crippen LogP contribution in [-0.2, 0) is 0 Å². The lowest BCUT2D eigenvalue weighted by Crippen LogP contribution is -2.46. The molecule has 0 atom stereocenters. The van der Waals surface area contributed by atoms with Crippen LogP contribution in [0.25, 0.3) is 0 Å². The summed E-state index contributed by atoms with van der Waals surface area (Å²) in [6, 6.07) is 16.0. The molecule has 0 radical (unpaired) electrons. The lowest BCUT2D eigenvalue weighted by molar-refractivity contribution is 0.159. The monoisotopic (exact) mass is 425 g/mol. The summed E-state index contributed by atoms with van der Waals surface area (Å²) in [6.07, 6.45) is 0. The van der Waals surface area contributed by atoms with Gasteiger partial charge in [0, 0.05) is 63.4 Å². The zero-order valence-corrected chi connectivity index (χ0v) is 19.3. The maximum absolute atomic E-state index is 12.8. The predicted octanol–water partition coefficient (Wildman–Crippen LogP) is 3.50. The van der Waals surface area contributed by atoms with E-state index in [4.69, 9.17) is 0 Å². The minimum Gasteiger partial charge on any atom is -0.508 e. The molecule has 31 heavy (non-hydrogen) atoms. The van der Waals surface area contributed by atoms with Crippen molar-refractivity contribution in [1.82, 2.24) is 9.80 Å². The second kappa shape index (κ2) is 9.92. The number of nitrogens with zero attached hydrogens (tertiary/aromatic N) is 5. The summed E-state index contributed by atoms with van der Waals surface area (Å²) < 4.78 is 0. The number of phenols is 1. The van der Waals surface area contributed by atoms with E-state index >= 15 is 0 Å². The summed E-state index contributed by atoms with van der Waals surface area (Å²) in [5.74, 6) is 0.295. The molecule has 2 amide bonds. The molecule has 0 bridgehead atoms. The van der Waals surface area contributed by atoms with Gasteiger partial charge in [-0.15, -0.1) is 0 Å². The Morgan fingerprint density at radius 2 is 1.32 bits per heavy atom. The van der Waals surface area contributed by atoms with Gasteiger partial charge >= 0.3 is 6.03 Å². The van der Waals surface area contributed by atoms with E-state index in [1.807, 2.05) is 45.4 Å². The number of anilines is 3. The highest BCUT2D eigenvalue weighted by atomic mass is 16.3. The van der Waals surface area contributed by atoms with E-state index in [-0.39, 0.29) is 6.03 Å². The number of hydrogen-bond donors (Lipinski definition) is 1. The van der Waals surface area contributed by atoms with Crippen LogP contribution < -0.4 is 14.7 Å². The molecule has 168 valence electrons. The highest BCUT2D eigenvalue weighted by Crippen LogP contribution is 2.24. The largest absolute Gasteiger partial charge is 0.508 e. The quantitative estimate of drug-likeness (QED) is 0.718. The molecule has 1 heterocycles. The van der Waals surface area contributed by atoms with Gasteiger partial charge in [0.25, 0.3) is 0 Å². The van der Waals surface area contributed by atoms with Gasteiger partial charge < -0.3 is 19.8 Å². The van der Waals surface area contributed by atoms with Gasteiger partial charge in [-0.1, -0.05) is 0 Å². The van der Waals surface area contributed by atoms with E-state index in [0.29, 0.717) is 18.5 Å². The number of carbonyl (C=O) groups is 1. The molecule has 0 aliphatic carbocycles. The molecule has 0 spiro atoms. The van der Waals surface area contributed by atoms with Crippen LogP contribution in [0.4, 0.5) is 21.9 Å². The van der Waals surface area contributed by atoms with E-state index in [1.165, 1.54) is 5.69 Å². The maximum Gasteiger partial charge on any atom is 0.324 e. The summed E-state index contributed by atoms with van der Waals surface area (Å²) in [4.78, 5) is 23.0. The van der Waals surface area contributed by atoms with Crippen LogP contribution in [0.3, 0.4) is 0 Å². The second-order valence-corrected chi connectivity index (χ2v) is 8.54. The zero-order valence-electron chi connectivity index (χ0n) is 19.3. The Balaban J connectivity index is 1.56. The Bertz CT molecular complexity index is 845. The van der Waals surface area contributed by atoms with Crippen LogP contribution in [-0.4, -0.2) is 81.0 Å². The Labute approximate surface area is 186 Å². The average molecular weight is 426 g/mol. The fourth-order valence-electron chi connectivity index (χ4n) is 3.70. The number of aromatic hydroxyl groups is 1. The number of phenolic OH excluding ortho intramolecular Hbond substituents is 1. The summed E-state index contributed by atoms with van der Waals surface area (Å²) in [5.41, 5.74) is 3.19. The first-order valence-corrected chi connectivity index (χ1v) is 10.8. The lowest BCUT2D eigenvalue weighted by atomic mass is 10.2. The summed E-state index contributed by atoms with van der Waals surface area (Å²) in [6.45, 7) is 8.54. The van der Waals surface area contributed by atoms with E-state index in [0.717, 1.165) is 37.6 Å². The van der Waals surface area contributed by atoms with Gasteiger partial charge in [0.2, 0.25) is 0 Å². The third-order valence-corrected chi connectivity index (χ3v) is 6.03. The van der Waals surface area contributed by atoms with Crippen LogP contribution in [0, 0.1) is 0 Å². The summed E-state index contributed by atoms with van der Waals surface area (Å²) >= 11 is 0. The van der Waals surface area contributed by atoms with Crippen molar-refractivity contribution in [1.29, 1.82) is 0 Å². The predicted molar refractivity (Wildman–Crippen MR) is 128 cm³/mol. The Morgan fingerprint density at radius 3 is 1.77 bits per heavy atom. The summed E-state index contributed by atoms with van der Waals surface area (Å²) in [7, 11) is 5.67. The third kappa shape index (κ3) is 5.61. The van der Waals surface area contributed by atoms with Crippen molar-refractivity contribution in [2.75, 3.05) is 68.7 Å². The molecule has 1 aliphatic heterocycles. The van der Waals surface area contributed by atoms with Gasteiger partial charge in [-0.2, -0.15) is 0 Å². The van der Waals surface area contributed by atoms with Gasteiger partial charge in [-0.25, -0.2) is 4.79 Å². The van der Waals surface area contributed by atoms with Gasteiger partial charge in [0.1, 0.15) is 5.75 Å². The van der Waals surface area contributed by atoms with Crippen molar-refractivity contribution in [3.05, 3.63) is 48.5 Å². The van der Waals surface area contributed by atoms with Crippen LogP contribution in [0.2, 0.25) is 0 Å². The van der Waals surface area contributed by atoms with Crippen molar-refractivity contribution in [2.24, 2.45) is 0 Å². The number of amides is 2. The zero-order chi connectivity index (χ0) is 22.5. The first kappa shape index (κ1) is 22.7. The van der Waals surface area contributed by atoms with Gasteiger partial charge in [0.05, 0.1) is 6.67 Å².